The van der Waals surface area contributed by atoms with E-state index in [2.05, 4.69) is 10.2 Å². The number of alkyl halides is 3. The molecule has 19 heavy (non-hydrogen) atoms. The van der Waals surface area contributed by atoms with Gasteiger partial charge < -0.3 is 10.2 Å². The summed E-state index contributed by atoms with van der Waals surface area (Å²) in [4.78, 5) is 2.69. The minimum Gasteiger partial charge on any atom is -0.368 e. The Bertz CT molecular complexity index is 433. The van der Waals surface area contributed by atoms with Crippen molar-refractivity contribution in [1.82, 2.24) is 5.32 Å². The van der Waals surface area contributed by atoms with Gasteiger partial charge in [-0.2, -0.15) is 13.2 Å². The fraction of sp³-hybridized carbons (Fsp3) is 0.500. The molecule has 1 fully saturated rings. The van der Waals surface area contributed by atoms with Crippen LogP contribution in [0.5, 0.6) is 0 Å². The van der Waals surface area contributed by atoms with Crippen molar-refractivity contribution in [2.24, 2.45) is 0 Å². The monoisotopic (exact) mass is 310 g/mol. The molecular weight excluding hydrogens is 297 g/mol. The molecule has 0 radical (unpaired) electrons. The number of hydrogen-bond donors (Lipinski definition) is 1. The highest BCUT2D eigenvalue weighted by Crippen LogP contribution is 2.33. The van der Waals surface area contributed by atoms with Gasteiger partial charge in [0.2, 0.25) is 0 Å². The van der Waals surface area contributed by atoms with Gasteiger partial charge in [0.05, 0.1) is 16.5 Å². The van der Waals surface area contributed by atoms with Gasteiger partial charge in [0.25, 0.3) is 0 Å². The lowest BCUT2D eigenvalue weighted by Gasteiger charge is -2.30. The molecular formula is C12H14ClF3N2S. The van der Waals surface area contributed by atoms with Crippen LogP contribution in [-0.4, -0.2) is 38.1 Å². The molecule has 106 valence electrons. The second-order valence-electron chi connectivity index (χ2n) is 4.25. The molecule has 0 amide bonds. The Morgan fingerprint density at radius 2 is 1.95 bits per heavy atom. The topological polar surface area (TPSA) is 15.3 Å². The third-order valence-corrected chi connectivity index (χ3v) is 4.16. The molecule has 1 N–H and O–H groups in total. The highest BCUT2D eigenvalue weighted by molar-refractivity contribution is 7.99. The predicted octanol–water partition coefficient (Wildman–Crippen LogP) is 3.40. The zero-order valence-electron chi connectivity index (χ0n) is 10.1. The van der Waals surface area contributed by atoms with E-state index in [9.17, 15) is 13.2 Å². The maximum atomic E-state index is 12.2. The summed E-state index contributed by atoms with van der Waals surface area (Å²) in [6.45, 7) is 3.34. The molecule has 0 saturated carbocycles. The fourth-order valence-electron chi connectivity index (χ4n) is 1.90. The number of benzene rings is 1. The zero-order valence-corrected chi connectivity index (χ0v) is 11.7. The van der Waals surface area contributed by atoms with Gasteiger partial charge in [-0.05, 0) is 18.2 Å². The van der Waals surface area contributed by atoms with Crippen molar-refractivity contribution in [3.8, 4) is 0 Å². The molecule has 2 nitrogen and oxygen atoms in total. The molecule has 1 heterocycles. The summed E-state index contributed by atoms with van der Waals surface area (Å²) >= 11 is 6.91. The van der Waals surface area contributed by atoms with Crippen molar-refractivity contribution in [1.29, 1.82) is 0 Å². The van der Waals surface area contributed by atoms with Crippen LogP contribution in [0.3, 0.4) is 0 Å². The van der Waals surface area contributed by atoms with E-state index in [0.717, 1.165) is 43.6 Å². The summed E-state index contributed by atoms with van der Waals surface area (Å²) in [7, 11) is 0. The third-order valence-electron chi connectivity index (χ3n) is 2.78. The van der Waals surface area contributed by atoms with Gasteiger partial charge in [0.1, 0.15) is 0 Å². The molecule has 1 saturated heterocycles. The summed E-state index contributed by atoms with van der Waals surface area (Å²) in [6, 6.07) is 5.03. The molecule has 2 rings (SSSR count). The Morgan fingerprint density at radius 3 is 2.58 bits per heavy atom. The lowest BCUT2D eigenvalue weighted by molar-refractivity contribution is -0.105. The highest BCUT2D eigenvalue weighted by Gasteiger charge is 2.27. The number of nitrogens with zero attached hydrogens (tertiary/aromatic N) is 1. The largest absolute Gasteiger partial charge is 0.398 e. The Balaban J connectivity index is 2.10. The molecule has 0 aliphatic carbocycles. The molecule has 0 spiro atoms. The average molecular weight is 311 g/mol. The van der Waals surface area contributed by atoms with Gasteiger partial charge in [0, 0.05) is 31.1 Å². The smallest absolute Gasteiger partial charge is 0.368 e. The number of piperazine rings is 1. The second kappa shape index (κ2) is 6.24. The third kappa shape index (κ3) is 4.47. The Kier molecular flexibility index (Phi) is 4.86. The van der Waals surface area contributed by atoms with E-state index in [1.165, 1.54) is 0 Å². The van der Waals surface area contributed by atoms with Gasteiger partial charge in [-0.1, -0.05) is 11.6 Å². The van der Waals surface area contributed by atoms with E-state index in [1.807, 2.05) is 0 Å². The van der Waals surface area contributed by atoms with E-state index in [-0.39, 0.29) is 0 Å². The van der Waals surface area contributed by atoms with Crippen LogP contribution in [0.1, 0.15) is 0 Å². The lowest BCUT2D eigenvalue weighted by atomic mass is 10.2. The maximum absolute atomic E-state index is 12.2. The van der Waals surface area contributed by atoms with Gasteiger partial charge in [-0.15, -0.1) is 11.8 Å². The first kappa shape index (κ1) is 14.8. The van der Waals surface area contributed by atoms with E-state index in [0.29, 0.717) is 9.92 Å². The number of halogens is 4. The first-order valence-electron chi connectivity index (χ1n) is 5.90. The standard InChI is InChI=1S/C12H14ClF3N2S/c13-10-2-1-9(19-8-12(14,15)16)7-11(10)18-5-3-17-4-6-18/h1-2,7,17H,3-6,8H2. The normalized spacial score (nSPS) is 16.7. The first-order valence-corrected chi connectivity index (χ1v) is 7.27. The molecule has 7 heteroatoms. The quantitative estimate of drug-likeness (QED) is 0.861. The van der Waals surface area contributed by atoms with Crippen LogP contribution in [0.2, 0.25) is 5.02 Å². The molecule has 0 aromatic heterocycles. The average Bonchev–Trinajstić information content (AvgIpc) is 2.38. The fourth-order valence-corrected chi connectivity index (χ4v) is 2.82. The molecule has 1 aliphatic heterocycles. The Labute approximate surface area is 119 Å². The van der Waals surface area contributed by atoms with E-state index in [4.69, 9.17) is 11.6 Å². The van der Waals surface area contributed by atoms with Crippen LogP contribution in [0.25, 0.3) is 0 Å². The Hall–Kier alpha value is -0.590. The molecule has 1 aromatic carbocycles. The number of thioether (sulfide) groups is 1. The number of hydrogen-bond acceptors (Lipinski definition) is 3. The Morgan fingerprint density at radius 1 is 1.26 bits per heavy atom. The zero-order chi connectivity index (χ0) is 13.9. The molecule has 0 bridgehead atoms. The maximum Gasteiger partial charge on any atom is 0.398 e. The first-order chi connectivity index (χ1) is 8.96. The summed E-state index contributed by atoms with van der Waals surface area (Å²) in [5.41, 5.74) is 0.815. The van der Waals surface area contributed by atoms with Gasteiger partial charge in [-0.25, -0.2) is 0 Å². The van der Waals surface area contributed by atoms with Crippen LogP contribution in [0.4, 0.5) is 18.9 Å². The SMILES string of the molecule is FC(F)(F)CSc1ccc(Cl)c(N2CCNCC2)c1. The predicted molar refractivity (Wildman–Crippen MR) is 73.3 cm³/mol. The highest BCUT2D eigenvalue weighted by atomic mass is 35.5. The van der Waals surface area contributed by atoms with Crippen LogP contribution < -0.4 is 10.2 Å². The van der Waals surface area contributed by atoms with Crippen molar-refractivity contribution in [3.05, 3.63) is 23.2 Å². The van der Waals surface area contributed by atoms with Crippen LogP contribution in [0, 0.1) is 0 Å². The van der Waals surface area contributed by atoms with E-state index >= 15 is 0 Å². The molecule has 1 aliphatic rings. The number of nitrogens with one attached hydrogen (secondary N) is 1. The van der Waals surface area contributed by atoms with Crippen LogP contribution in [-0.2, 0) is 0 Å². The summed E-state index contributed by atoms with van der Waals surface area (Å²) in [6.07, 6.45) is -4.15. The number of anilines is 1. The summed E-state index contributed by atoms with van der Waals surface area (Å²) in [5, 5.41) is 3.81. The van der Waals surface area contributed by atoms with E-state index in [1.54, 1.807) is 18.2 Å². The second-order valence-corrected chi connectivity index (χ2v) is 5.71. The van der Waals surface area contributed by atoms with Crippen molar-refractivity contribution >= 4 is 29.1 Å². The van der Waals surface area contributed by atoms with Gasteiger partial charge in [0.15, 0.2) is 0 Å². The van der Waals surface area contributed by atoms with Crippen molar-refractivity contribution < 1.29 is 13.2 Å². The lowest BCUT2D eigenvalue weighted by Crippen LogP contribution is -2.43. The van der Waals surface area contributed by atoms with Crippen molar-refractivity contribution in [2.45, 2.75) is 11.1 Å². The van der Waals surface area contributed by atoms with Crippen molar-refractivity contribution in [2.75, 3.05) is 36.8 Å². The van der Waals surface area contributed by atoms with Crippen LogP contribution >= 0.6 is 23.4 Å². The minimum atomic E-state index is -4.15. The van der Waals surface area contributed by atoms with Crippen molar-refractivity contribution in [3.63, 3.8) is 0 Å². The van der Waals surface area contributed by atoms with Gasteiger partial charge in [-0.3, -0.25) is 0 Å². The molecule has 0 atom stereocenters. The summed E-state index contributed by atoms with van der Waals surface area (Å²) < 4.78 is 36.6. The van der Waals surface area contributed by atoms with E-state index < -0.39 is 11.9 Å². The van der Waals surface area contributed by atoms with Crippen LogP contribution in [0.15, 0.2) is 23.1 Å². The molecule has 0 unspecified atom stereocenters. The van der Waals surface area contributed by atoms with Gasteiger partial charge >= 0.3 is 6.18 Å². The molecule has 1 aromatic rings. The summed E-state index contributed by atoms with van der Waals surface area (Å²) in [5.74, 6) is -0.879. The number of rotatable bonds is 3. The minimum absolute atomic E-state index is 0.582.